The van der Waals surface area contributed by atoms with Gasteiger partial charge in [0.1, 0.15) is 5.82 Å². The minimum absolute atomic E-state index is 0.0417. The first kappa shape index (κ1) is 19.0. The lowest BCUT2D eigenvalue weighted by Gasteiger charge is -2.26. The number of anilines is 1. The smallest absolute Gasteiger partial charge is 0.231 e. The number of rotatable bonds is 3. The molecule has 2 aromatic rings. The van der Waals surface area contributed by atoms with Crippen molar-refractivity contribution in [1.82, 2.24) is 0 Å². The number of nitrogens with zero attached hydrogens (tertiary/aromatic N) is 2. The Morgan fingerprint density at radius 2 is 2.00 bits per heavy atom. The Labute approximate surface area is 176 Å². The first-order valence-electron chi connectivity index (χ1n) is 8.93. The Kier molecular flexibility index (Phi) is 4.64. The zero-order valence-electron chi connectivity index (χ0n) is 15.0. The molecule has 0 aromatic heterocycles. The fourth-order valence-corrected chi connectivity index (χ4v) is 7.04. The second-order valence-electron chi connectivity index (χ2n) is 7.06. The van der Waals surface area contributed by atoms with Crippen LogP contribution in [0.1, 0.15) is 5.56 Å². The SMILES string of the molecule is O=S1(=O)C[C@@H]2N=C(SCc3ccc(F)cc3Cl)N(c3ccc4c(c3)OCO4)[C@H]2C1. The lowest BCUT2D eigenvalue weighted by Crippen LogP contribution is -2.39. The van der Waals surface area contributed by atoms with Crippen molar-refractivity contribution >= 4 is 44.1 Å². The van der Waals surface area contributed by atoms with Crippen LogP contribution in [0.4, 0.5) is 10.1 Å². The number of sulfone groups is 1. The minimum atomic E-state index is -3.14. The van der Waals surface area contributed by atoms with E-state index in [4.69, 9.17) is 26.1 Å². The van der Waals surface area contributed by atoms with Crippen molar-refractivity contribution < 1.29 is 22.3 Å². The van der Waals surface area contributed by atoms with Crippen LogP contribution in [0.25, 0.3) is 0 Å². The third-order valence-electron chi connectivity index (χ3n) is 5.11. The van der Waals surface area contributed by atoms with E-state index in [9.17, 15) is 12.8 Å². The zero-order valence-corrected chi connectivity index (χ0v) is 17.4. The maximum atomic E-state index is 13.3. The van der Waals surface area contributed by atoms with Gasteiger partial charge in [-0.3, -0.25) is 4.99 Å². The van der Waals surface area contributed by atoms with Gasteiger partial charge in [0.15, 0.2) is 26.5 Å². The third-order valence-corrected chi connectivity index (χ3v) is 8.18. The number of fused-ring (bicyclic) bond motifs is 2. The van der Waals surface area contributed by atoms with Crippen molar-refractivity contribution in [3.8, 4) is 11.5 Å². The molecule has 10 heteroatoms. The summed E-state index contributed by atoms with van der Waals surface area (Å²) in [6, 6.07) is 9.27. The van der Waals surface area contributed by atoms with Crippen LogP contribution in [0.15, 0.2) is 41.4 Å². The normalized spacial score (nSPS) is 23.9. The highest BCUT2D eigenvalue weighted by atomic mass is 35.5. The number of halogens is 2. The molecule has 0 spiro atoms. The van der Waals surface area contributed by atoms with E-state index in [2.05, 4.69) is 0 Å². The Morgan fingerprint density at radius 3 is 2.83 bits per heavy atom. The largest absolute Gasteiger partial charge is 0.454 e. The summed E-state index contributed by atoms with van der Waals surface area (Å²) >= 11 is 7.60. The Bertz CT molecular complexity index is 1130. The second kappa shape index (κ2) is 7.07. The Morgan fingerprint density at radius 1 is 1.17 bits per heavy atom. The van der Waals surface area contributed by atoms with E-state index in [1.54, 1.807) is 6.07 Å². The summed E-state index contributed by atoms with van der Waals surface area (Å²) < 4.78 is 48.5. The van der Waals surface area contributed by atoms with Gasteiger partial charge in [0, 0.05) is 22.5 Å². The van der Waals surface area contributed by atoms with Gasteiger partial charge in [-0.15, -0.1) is 0 Å². The van der Waals surface area contributed by atoms with Gasteiger partial charge in [0.05, 0.1) is 23.6 Å². The number of thioether (sulfide) groups is 1. The first-order chi connectivity index (χ1) is 13.9. The molecule has 0 aliphatic carbocycles. The van der Waals surface area contributed by atoms with Crippen LogP contribution in [0, 0.1) is 5.82 Å². The lowest BCUT2D eigenvalue weighted by molar-refractivity contribution is 0.174. The van der Waals surface area contributed by atoms with E-state index in [1.165, 1.54) is 23.9 Å². The van der Waals surface area contributed by atoms with Gasteiger partial charge >= 0.3 is 0 Å². The molecule has 1 saturated heterocycles. The third kappa shape index (κ3) is 3.55. The predicted octanol–water partition coefficient (Wildman–Crippen LogP) is 3.48. The molecule has 0 radical (unpaired) electrons. The van der Waals surface area contributed by atoms with Gasteiger partial charge in [-0.2, -0.15) is 0 Å². The van der Waals surface area contributed by atoms with E-state index in [-0.39, 0.29) is 36.2 Å². The highest BCUT2D eigenvalue weighted by Crippen LogP contribution is 2.41. The van der Waals surface area contributed by atoms with Crippen LogP contribution in [0.3, 0.4) is 0 Å². The van der Waals surface area contributed by atoms with Crippen LogP contribution in [0.2, 0.25) is 5.02 Å². The van der Waals surface area contributed by atoms with Gasteiger partial charge in [-0.25, -0.2) is 12.8 Å². The van der Waals surface area contributed by atoms with E-state index in [0.29, 0.717) is 27.4 Å². The van der Waals surface area contributed by atoms with Crippen molar-refractivity contribution in [2.45, 2.75) is 17.8 Å². The fraction of sp³-hybridized carbons (Fsp3) is 0.316. The van der Waals surface area contributed by atoms with E-state index in [0.717, 1.165) is 11.3 Å². The van der Waals surface area contributed by atoms with Gasteiger partial charge in [-0.1, -0.05) is 29.4 Å². The average molecular weight is 455 g/mol. The average Bonchev–Trinajstić information content (AvgIpc) is 3.32. The van der Waals surface area contributed by atoms with Gasteiger partial charge in [0.2, 0.25) is 6.79 Å². The van der Waals surface area contributed by atoms with Crippen molar-refractivity contribution in [3.05, 3.63) is 52.8 Å². The highest BCUT2D eigenvalue weighted by molar-refractivity contribution is 8.13. The molecule has 5 rings (SSSR count). The predicted molar refractivity (Wildman–Crippen MR) is 111 cm³/mol. The summed E-state index contributed by atoms with van der Waals surface area (Å²) in [5.74, 6) is 1.48. The van der Waals surface area contributed by atoms with E-state index in [1.807, 2.05) is 23.1 Å². The molecule has 0 unspecified atom stereocenters. The van der Waals surface area contributed by atoms with Crippen LogP contribution in [-0.2, 0) is 15.6 Å². The molecular weight excluding hydrogens is 439 g/mol. The van der Waals surface area contributed by atoms with Crippen molar-refractivity contribution in [2.24, 2.45) is 4.99 Å². The number of ether oxygens (including phenoxy) is 2. The van der Waals surface area contributed by atoms with Gasteiger partial charge in [0.25, 0.3) is 0 Å². The topological polar surface area (TPSA) is 68.2 Å². The van der Waals surface area contributed by atoms with Crippen LogP contribution in [0.5, 0.6) is 11.5 Å². The fourth-order valence-electron chi connectivity index (χ4n) is 3.75. The number of benzene rings is 2. The highest BCUT2D eigenvalue weighted by Gasteiger charge is 2.47. The molecule has 3 aliphatic heterocycles. The summed E-state index contributed by atoms with van der Waals surface area (Å²) in [5, 5.41) is 1.07. The second-order valence-corrected chi connectivity index (χ2v) is 10.6. The molecule has 0 amide bonds. The standard InChI is InChI=1S/C19H16ClFN2O4S2/c20-14-5-12(21)2-1-11(14)7-28-19-22-15-8-29(24,25)9-16(15)23(19)13-3-4-17-18(6-13)27-10-26-17/h1-6,15-16H,7-10H2/t15-,16-/m0/s1. The summed E-state index contributed by atoms with van der Waals surface area (Å²) in [4.78, 5) is 6.65. The molecule has 2 atom stereocenters. The molecule has 1 fully saturated rings. The monoisotopic (exact) mass is 454 g/mol. The molecule has 0 bridgehead atoms. The Hall–Kier alpha value is -1.97. The number of hydrogen-bond acceptors (Lipinski definition) is 7. The zero-order chi connectivity index (χ0) is 20.2. The number of amidine groups is 1. The molecule has 6 nitrogen and oxygen atoms in total. The number of aliphatic imine (C=N–C) groups is 1. The first-order valence-corrected chi connectivity index (χ1v) is 12.1. The molecule has 0 saturated carbocycles. The summed E-state index contributed by atoms with van der Waals surface area (Å²) in [6.07, 6.45) is 0. The minimum Gasteiger partial charge on any atom is -0.454 e. The molecule has 2 aromatic carbocycles. The van der Waals surface area contributed by atoms with Crippen LogP contribution in [-0.4, -0.2) is 44.0 Å². The van der Waals surface area contributed by atoms with Gasteiger partial charge in [-0.05, 0) is 29.8 Å². The maximum absolute atomic E-state index is 13.3. The Balaban J connectivity index is 1.45. The van der Waals surface area contributed by atoms with E-state index < -0.39 is 9.84 Å². The van der Waals surface area contributed by atoms with Crippen molar-refractivity contribution in [2.75, 3.05) is 23.2 Å². The molecule has 152 valence electrons. The molecule has 3 heterocycles. The number of hydrogen-bond donors (Lipinski definition) is 0. The molecule has 3 aliphatic rings. The summed E-state index contributed by atoms with van der Waals surface area (Å²) in [6.45, 7) is 0.165. The lowest BCUT2D eigenvalue weighted by atomic mass is 10.1. The summed E-state index contributed by atoms with van der Waals surface area (Å²) in [7, 11) is -3.14. The van der Waals surface area contributed by atoms with Crippen LogP contribution >= 0.6 is 23.4 Å². The van der Waals surface area contributed by atoms with Crippen molar-refractivity contribution in [3.63, 3.8) is 0 Å². The van der Waals surface area contributed by atoms with Crippen molar-refractivity contribution in [1.29, 1.82) is 0 Å². The van der Waals surface area contributed by atoms with E-state index >= 15 is 0 Å². The van der Waals surface area contributed by atoms with Gasteiger partial charge < -0.3 is 14.4 Å². The maximum Gasteiger partial charge on any atom is 0.231 e. The molecule has 0 N–H and O–H groups in total. The molecule has 29 heavy (non-hydrogen) atoms. The van der Waals surface area contributed by atoms with Crippen LogP contribution < -0.4 is 14.4 Å². The molecular formula is C19H16ClFN2O4S2. The quantitative estimate of drug-likeness (QED) is 0.707. The summed E-state index contributed by atoms with van der Waals surface area (Å²) in [5.41, 5.74) is 1.59.